The van der Waals surface area contributed by atoms with Gasteiger partial charge in [-0.1, -0.05) is 37.6 Å². The molecule has 0 saturated carbocycles. The van der Waals surface area contributed by atoms with Crippen molar-refractivity contribution in [1.82, 2.24) is 9.55 Å². The van der Waals surface area contributed by atoms with Crippen LogP contribution in [0.1, 0.15) is 0 Å². The summed E-state index contributed by atoms with van der Waals surface area (Å²) in [7, 11) is -9.77. The van der Waals surface area contributed by atoms with Crippen LogP contribution in [0.3, 0.4) is 0 Å². The highest BCUT2D eigenvalue weighted by Gasteiger charge is 2.65. The van der Waals surface area contributed by atoms with Gasteiger partial charge in [-0.3, -0.25) is 9.36 Å². The first-order valence-corrected chi connectivity index (χ1v) is 11.1. The van der Waals surface area contributed by atoms with E-state index in [4.69, 9.17) is 4.74 Å². The molecular formula is C22H15F5N2O2S. The molecule has 0 N–H and O–H groups in total. The average Bonchev–Trinajstić information content (AvgIpc) is 2.74. The smallest absolute Gasteiger partial charge is 0.310 e. The quantitative estimate of drug-likeness (QED) is 0.289. The van der Waals surface area contributed by atoms with Crippen LogP contribution in [-0.2, 0) is 0 Å². The van der Waals surface area contributed by atoms with Crippen molar-refractivity contribution in [2.45, 2.75) is 4.90 Å². The van der Waals surface area contributed by atoms with E-state index in [2.05, 4.69) is 4.98 Å². The number of halogens is 5. The second kappa shape index (κ2) is 6.92. The third kappa shape index (κ3) is 4.65. The molecule has 0 aliphatic heterocycles. The number of aromatic nitrogens is 2. The Hall–Kier alpha value is -3.66. The van der Waals surface area contributed by atoms with Gasteiger partial charge < -0.3 is 4.74 Å². The second-order valence-corrected chi connectivity index (χ2v) is 9.27. The molecule has 10 heteroatoms. The van der Waals surface area contributed by atoms with Gasteiger partial charge in [0.1, 0.15) is 10.6 Å². The fraction of sp³-hybridized carbons (Fsp3) is 0. The van der Waals surface area contributed by atoms with Crippen LogP contribution in [0.15, 0.2) is 101 Å². The van der Waals surface area contributed by atoms with E-state index >= 15 is 0 Å². The Kier molecular flexibility index (Phi) is 4.67. The van der Waals surface area contributed by atoms with Gasteiger partial charge in [-0.2, -0.15) is 0 Å². The molecule has 32 heavy (non-hydrogen) atoms. The van der Waals surface area contributed by atoms with E-state index in [-0.39, 0.29) is 29.3 Å². The number of hydrogen-bond acceptors (Lipinski definition) is 3. The molecule has 0 aliphatic carbocycles. The lowest BCUT2D eigenvalue weighted by Crippen LogP contribution is -2.16. The molecule has 0 aliphatic rings. The standard InChI is InChI=1S/C22H15F5N2O2S/c23-32(24,25,26,27)19-11-9-18(10-12-19)31-22-20(7-4-14-28-22)16-8-13-21(30)29(15-16)17-5-2-1-3-6-17/h1-15H. The predicted octanol–water partition coefficient (Wildman–Crippen LogP) is 7.35. The summed E-state index contributed by atoms with van der Waals surface area (Å²) in [4.78, 5) is 14.4. The summed E-state index contributed by atoms with van der Waals surface area (Å²) in [6.45, 7) is 0. The summed E-state index contributed by atoms with van der Waals surface area (Å²) in [5, 5.41) is 0. The molecule has 2 heterocycles. The predicted molar refractivity (Wildman–Crippen MR) is 113 cm³/mol. The average molecular weight is 466 g/mol. The molecule has 0 bridgehead atoms. The molecule has 0 atom stereocenters. The number of pyridine rings is 2. The topological polar surface area (TPSA) is 44.1 Å². The second-order valence-electron chi connectivity index (χ2n) is 6.86. The van der Waals surface area contributed by atoms with Crippen LogP contribution >= 0.6 is 10.2 Å². The van der Waals surface area contributed by atoms with Crippen molar-refractivity contribution in [2.75, 3.05) is 0 Å². The minimum Gasteiger partial charge on any atom is -0.438 e. The normalized spacial score (nSPS) is 13.8. The largest absolute Gasteiger partial charge is 0.438 e. The Bertz CT molecular complexity index is 1340. The number of benzene rings is 2. The van der Waals surface area contributed by atoms with E-state index in [0.29, 0.717) is 16.8 Å². The lowest BCUT2D eigenvalue weighted by atomic mass is 10.1. The van der Waals surface area contributed by atoms with Gasteiger partial charge >= 0.3 is 10.2 Å². The number of ether oxygens (including phenoxy) is 1. The van der Waals surface area contributed by atoms with E-state index in [1.54, 1.807) is 48.7 Å². The van der Waals surface area contributed by atoms with Crippen LogP contribution in [0.4, 0.5) is 19.4 Å². The molecular weight excluding hydrogens is 451 g/mol. The summed E-state index contributed by atoms with van der Waals surface area (Å²) in [6.07, 6.45) is 2.99. The maximum atomic E-state index is 12.9. The van der Waals surface area contributed by atoms with Crippen molar-refractivity contribution in [3.05, 3.63) is 102 Å². The number of nitrogens with zero attached hydrogens (tertiary/aromatic N) is 2. The maximum absolute atomic E-state index is 12.9. The van der Waals surface area contributed by atoms with Crippen molar-refractivity contribution >= 4 is 10.2 Å². The zero-order valence-electron chi connectivity index (χ0n) is 16.2. The molecule has 166 valence electrons. The van der Waals surface area contributed by atoms with Crippen LogP contribution in [0.5, 0.6) is 11.6 Å². The van der Waals surface area contributed by atoms with Gasteiger partial charge in [0.2, 0.25) is 5.88 Å². The van der Waals surface area contributed by atoms with Gasteiger partial charge in [0.05, 0.1) is 0 Å². The molecule has 2 aromatic heterocycles. The summed E-state index contributed by atoms with van der Waals surface area (Å²) < 4.78 is 71.6. The highest BCUT2D eigenvalue weighted by molar-refractivity contribution is 8.45. The van der Waals surface area contributed by atoms with Crippen LogP contribution in [0, 0.1) is 0 Å². The minimum absolute atomic E-state index is 0.0332. The summed E-state index contributed by atoms with van der Waals surface area (Å²) in [5.41, 5.74) is 1.38. The minimum atomic E-state index is -9.77. The maximum Gasteiger partial charge on any atom is 0.310 e. The van der Waals surface area contributed by atoms with Crippen molar-refractivity contribution in [3.8, 4) is 28.4 Å². The Labute approximate surface area is 179 Å². The Morgan fingerprint density at radius 2 is 1.47 bits per heavy atom. The first-order chi connectivity index (χ1) is 14.9. The van der Waals surface area contributed by atoms with Crippen molar-refractivity contribution in [3.63, 3.8) is 0 Å². The van der Waals surface area contributed by atoms with E-state index in [1.807, 2.05) is 6.07 Å². The monoisotopic (exact) mass is 466 g/mol. The Morgan fingerprint density at radius 3 is 2.12 bits per heavy atom. The van der Waals surface area contributed by atoms with E-state index in [0.717, 1.165) is 12.1 Å². The highest BCUT2D eigenvalue weighted by atomic mass is 32.5. The molecule has 0 spiro atoms. The molecule has 0 radical (unpaired) electrons. The van der Waals surface area contributed by atoms with E-state index in [1.165, 1.54) is 16.8 Å². The molecule has 0 saturated heterocycles. The van der Waals surface area contributed by atoms with E-state index in [9.17, 15) is 24.2 Å². The van der Waals surface area contributed by atoms with Crippen LogP contribution in [0.2, 0.25) is 0 Å². The van der Waals surface area contributed by atoms with Crippen LogP contribution < -0.4 is 10.3 Å². The lowest BCUT2D eigenvalue weighted by molar-refractivity contribution is 0.363. The fourth-order valence-electron chi connectivity index (χ4n) is 3.01. The zero-order valence-corrected chi connectivity index (χ0v) is 17.0. The number of rotatable bonds is 5. The first kappa shape index (κ1) is 21.6. The number of para-hydroxylation sites is 1. The molecule has 0 unspecified atom stereocenters. The third-order valence-electron chi connectivity index (χ3n) is 4.51. The van der Waals surface area contributed by atoms with Gasteiger partial charge in [0.15, 0.2) is 0 Å². The number of hydrogen-bond donors (Lipinski definition) is 0. The summed E-state index contributed by atoms with van der Waals surface area (Å²) in [5.74, 6) is -0.0715. The third-order valence-corrected chi connectivity index (χ3v) is 5.67. The summed E-state index contributed by atoms with van der Waals surface area (Å²) >= 11 is 0. The Morgan fingerprint density at radius 1 is 0.781 bits per heavy atom. The van der Waals surface area contributed by atoms with Gasteiger partial charge in [0.25, 0.3) is 5.56 Å². The Balaban J connectivity index is 1.70. The molecule has 0 amide bonds. The van der Waals surface area contributed by atoms with Crippen molar-refractivity contribution in [2.24, 2.45) is 0 Å². The van der Waals surface area contributed by atoms with Crippen molar-refractivity contribution in [1.29, 1.82) is 0 Å². The van der Waals surface area contributed by atoms with Gasteiger partial charge in [-0.15, -0.1) is 0 Å². The SMILES string of the molecule is O=c1ccc(-c2cccnc2Oc2ccc(S(F)(F)(F)(F)F)cc2)cn1-c1ccccc1. The van der Waals surface area contributed by atoms with Gasteiger partial charge in [-0.05, 0) is 54.6 Å². The molecule has 4 nitrogen and oxygen atoms in total. The van der Waals surface area contributed by atoms with E-state index < -0.39 is 15.1 Å². The molecule has 0 fully saturated rings. The first-order valence-electron chi connectivity index (χ1n) is 9.16. The molecule has 4 aromatic rings. The summed E-state index contributed by atoms with van der Waals surface area (Å²) in [6, 6.07) is 17.2. The molecule has 2 aromatic carbocycles. The van der Waals surface area contributed by atoms with Crippen molar-refractivity contribution < 1.29 is 24.2 Å². The van der Waals surface area contributed by atoms with Gasteiger partial charge in [0, 0.05) is 35.3 Å². The lowest BCUT2D eigenvalue weighted by Gasteiger charge is -2.40. The zero-order chi connectivity index (χ0) is 23.0. The van der Waals surface area contributed by atoms with Gasteiger partial charge in [-0.25, -0.2) is 4.98 Å². The molecule has 4 rings (SSSR count). The van der Waals surface area contributed by atoms with Crippen LogP contribution in [-0.4, -0.2) is 9.55 Å². The van der Waals surface area contributed by atoms with Crippen LogP contribution in [0.25, 0.3) is 16.8 Å². The fourth-order valence-corrected chi connectivity index (χ4v) is 3.66. The highest BCUT2D eigenvalue weighted by Crippen LogP contribution is 3.02.